The van der Waals surface area contributed by atoms with Gasteiger partial charge >= 0.3 is 5.97 Å². The van der Waals surface area contributed by atoms with Crippen molar-refractivity contribution >= 4 is 5.97 Å². The van der Waals surface area contributed by atoms with Crippen molar-refractivity contribution in [3.05, 3.63) is 35.9 Å². The summed E-state index contributed by atoms with van der Waals surface area (Å²) < 4.78 is 11.9. The van der Waals surface area contributed by atoms with Gasteiger partial charge in [0.25, 0.3) is 0 Å². The SMILES string of the molecule is CCCCCCCCCCOc1ccc(OC(=O)[C@H]2CC[C@@]3(C)C(=CC[C@H]4[C@@H]5CC[C@H]([C@H](C)CCCC(C)C)[C@@]5(C)CC[C@@H]43)C2)cc1. The highest BCUT2D eigenvalue weighted by atomic mass is 16.5. The second kappa shape index (κ2) is 16.8. The van der Waals surface area contributed by atoms with Crippen molar-refractivity contribution in [1.82, 2.24) is 0 Å². The van der Waals surface area contributed by atoms with Crippen molar-refractivity contribution in [2.45, 2.75) is 164 Å². The topological polar surface area (TPSA) is 35.5 Å². The van der Waals surface area contributed by atoms with Crippen molar-refractivity contribution in [2.24, 2.45) is 52.3 Å². The molecule has 0 bridgehead atoms. The minimum Gasteiger partial charge on any atom is -0.494 e. The number of carbonyl (C=O) groups is 1. The van der Waals surface area contributed by atoms with Crippen LogP contribution in [-0.4, -0.2) is 12.6 Å². The Bertz CT molecular complexity index is 1150. The monoisotopic (exact) mass is 647 g/mol. The zero-order valence-electron chi connectivity index (χ0n) is 31.3. The number of rotatable bonds is 17. The fraction of sp³-hybridized carbons (Fsp3) is 0.795. The van der Waals surface area contributed by atoms with Gasteiger partial charge in [-0.15, -0.1) is 0 Å². The number of ether oxygens (including phenoxy) is 2. The van der Waals surface area contributed by atoms with E-state index in [0.29, 0.717) is 11.2 Å². The number of esters is 1. The van der Waals surface area contributed by atoms with Crippen LogP contribution in [0.15, 0.2) is 35.9 Å². The van der Waals surface area contributed by atoms with Crippen LogP contribution in [0.4, 0.5) is 0 Å². The quantitative estimate of drug-likeness (QED) is 0.0731. The Morgan fingerprint density at radius 1 is 0.809 bits per heavy atom. The minimum atomic E-state index is -0.0519. The molecule has 0 aromatic heterocycles. The van der Waals surface area contributed by atoms with Crippen molar-refractivity contribution < 1.29 is 14.3 Å². The van der Waals surface area contributed by atoms with Gasteiger partial charge < -0.3 is 9.47 Å². The molecule has 47 heavy (non-hydrogen) atoms. The van der Waals surface area contributed by atoms with E-state index in [1.165, 1.54) is 96.3 Å². The van der Waals surface area contributed by atoms with Crippen molar-refractivity contribution in [1.29, 1.82) is 0 Å². The molecule has 0 spiro atoms. The molecule has 3 fully saturated rings. The maximum atomic E-state index is 13.4. The van der Waals surface area contributed by atoms with E-state index in [1.54, 1.807) is 5.57 Å². The molecule has 4 aliphatic carbocycles. The summed E-state index contributed by atoms with van der Waals surface area (Å²) in [6.07, 6.45) is 27.1. The molecule has 3 nitrogen and oxygen atoms in total. The molecule has 3 heteroatoms. The molecule has 264 valence electrons. The van der Waals surface area contributed by atoms with Gasteiger partial charge in [0.05, 0.1) is 12.5 Å². The smallest absolute Gasteiger partial charge is 0.314 e. The largest absolute Gasteiger partial charge is 0.494 e. The Morgan fingerprint density at radius 3 is 2.23 bits per heavy atom. The molecular weight excluding hydrogens is 576 g/mol. The first-order valence-electron chi connectivity index (χ1n) is 20.3. The lowest BCUT2D eigenvalue weighted by Gasteiger charge is -2.58. The van der Waals surface area contributed by atoms with Crippen LogP contribution in [0.2, 0.25) is 0 Å². The van der Waals surface area contributed by atoms with Crippen LogP contribution in [-0.2, 0) is 4.79 Å². The summed E-state index contributed by atoms with van der Waals surface area (Å²) in [5.74, 6) is 6.50. The summed E-state index contributed by atoms with van der Waals surface area (Å²) in [6, 6.07) is 7.70. The van der Waals surface area contributed by atoms with Gasteiger partial charge in [-0.1, -0.05) is 117 Å². The molecule has 3 saturated carbocycles. The average Bonchev–Trinajstić information content (AvgIpc) is 3.41. The molecule has 4 aliphatic rings. The number of fused-ring (bicyclic) bond motifs is 5. The van der Waals surface area contributed by atoms with Gasteiger partial charge in [0.2, 0.25) is 0 Å². The van der Waals surface area contributed by atoms with Gasteiger partial charge in [-0.3, -0.25) is 4.79 Å². The maximum absolute atomic E-state index is 13.4. The van der Waals surface area contributed by atoms with E-state index in [9.17, 15) is 4.79 Å². The molecule has 1 aromatic rings. The first-order chi connectivity index (χ1) is 22.7. The van der Waals surface area contributed by atoms with Gasteiger partial charge in [-0.25, -0.2) is 0 Å². The van der Waals surface area contributed by atoms with Crippen LogP contribution < -0.4 is 9.47 Å². The van der Waals surface area contributed by atoms with E-state index in [0.717, 1.165) is 73.5 Å². The molecule has 0 saturated heterocycles. The standard InChI is InChI=1S/C44H70O3/c1-7-8-9-10-11-12-13-14-30-46-36-19-21-37(22-20-36)47-42(45)34-26-28-43(5)35(31-34)18-23-38-40-25-24-39(33(4)17-15-16-32(2)3)44(40,6)29-27-41(38)43/h18-22,32-34,38-41H,7-17,23-31H2,1-6H3/t33-,34+,38+,39-,40+,41+,43+,44-/m1/s1. The van der Waals surface area contributed by atoms with E-state index in [-0.39, 0.29) is 17.3 Å². The summed E-state index contributed by atoms with van der Waals surface area (Å²) in [6.45, 7) is 15.6. The average molecular weight is 647 g/mol. The third-order valence-electron chi connectivity index (χ3n) is 13.9. The summed E-state index contributed by atoms with van der Waals surface area (Å²) in [7, 11) is 0. The summed E-state index contributed by atoms with van der Waals surface area (Å²) in [4.78, 5) is 13.4. The van der Waals surface area contributed by atoms with Crippen LogP contribution in [0.1, 0.15) is 164 Å². The number of hydrogen-bond acceptors (Lipinski definition) is 3. The van der Waals surface area contributed by atoms with Crippen molar-refractivity contribution in [3.63, 3.8) is 0 Å². The third kappa shape index (κ3) is 8.70. The molecule has 0 unspecified atom stereocenters. The fourth-order valence-electron chi connectivity index (χ4n) is 11.1. The van der Waals surface area contributed by atoms with E-state index in [4.69, 9.17) is 9.47 Å². The van der Waals surface area contributed by atoms with Gasteiger partial charge in [0, 0.05) is 0 Å². The predicted octanol–water partition coefficient (Wildman–Crippen LogP) is 12.8. The second-order valence-electron chi connectivity index (χ2n) is 17.4. The second-order valence-corrected chi connectivity index (χ2v) is 17.4. The first-order valence-corrected chi connectivity index (χ1v) is 20.3. The summed E-state index contributed by atoms with van der Waals surface area (Å²) in [5, 5.41) is 0. The predicted molar refractivity (Wildman–Crippen MR) is 197 cm³/mol. The highest BCUT2D eigenvalue weighted by Crippen LogP contribution is 2.67. The van der Waals surface area contributed by atoms with Crippen LogP contribution in [0.5, 0.6) is 11.5 Å². The summed E-state index contributed by atoms with van der Waals surface area (Å²) in [5.41, 5.74) is 2.35. The zero-order chi connectivity index (χ0) is 33.4. The Kier molecular flexibility index (Phi) is 13.0. The molecule has 8 atom stereocenters. The summed E-state index contributed by atoms with van der Waals surface area (Å²) >= 11 is 0. The Hall–Kier alpha value is -1.77. The number of benzene rings is 1. The Balaban J connectivity index is 1.09. The number of carbonyl (C=O) groups excluding carboxylic acids is 1. The fourth-order valence-corrected chi connectivity index (χ4v) is 11.1. The van der Waals surface area contributed by atoms with Crippen LogP contribution in [0, 0.1) is 52.3 Å². The van der Waals surface area contributed by atoms with Crippen molar-refractivity contribution in [3.8, 4) is 11.5 Å². The molecule has 1 aromatic carbocycles. The molecule has 5 rings (SSSR count). The number of unbranched alkanes of at least 4 members (excludes halogenated alkanes) is 7. The molecule has 0 radical (unpaired) electrons. The van der Waals surface area contributed by atoms with Crippen LogP contribution in [0.3, 0.4) is 0 Å². The zero-order valence-corrected chi connectivity index (χ0v) is 31.3. The highest BCUT2D eigenvalue weighted by molar-refractivity contribution is 5.76. The van der Waals surface area contributed by atoms with Gasteiger partial charge in [-0.2, -0.15) is 0 Å². The highest BCUT2D eigenvalue weighted by Gasteiger charge is 2.59. The van der Waals surface area contributed by atoms with Crippen LogP contribution >= 0.6 is 0 Å². The first kappa shape index (κ1) is 36.5. The minimum absolute atomic E-state index is 0.0276. The van der Waals surface area contributed by atoms with Gasteiger partial charge in [-0.05, 0) is 128 Å². The lowest BCUT2D eigenvalue weighted by molar-refractivity contribution is -0.140. The number of allylic oxidation sites excluding steroid dienone is 2. The van der Waals surface area contributed by atoms with E-state index < -0.39 is 0 Å². The third-order valence-corrected chi connectivity index (χ3v) is 13.9. The molecule has 0 aliphatic heterocycles. The van der Waals surface area contributed by atoms with Crippen molar-refractivity contribution in [2.75, 3.05) is 6.61 Å². The lowest BCUT2D eigenvalue weighted by Crippen LogP contribution is -2.50. The van der Waals surface area contributed by atoms with Gasteiger partial charge in [0.1, 0.15) is 11.5 Å². The lowest BCUT2D eigenvalue weighted by atomic mass is 9.46. The van der Waals surface area contributed by atoms with Crippen LogP contribution in [0.25, 0.3) is 0 Å². The van der Waals surface area contributed by atoms with E-state index in [1.807, 2.05) is 24.3 Å². The van der Waals surface area contributed by atoms with Gasteiger partial charge in [0.15, 0.2) is 0 Å². The Labute approximate surface area is 289 Å². The molecular formula is C44H70O3. The molecule has 0 N–H and O–H groups in total. The number of hydrogen-bond donors (Lipinski definition) is 0. The normalized spacial score (nSPS) is 32.2. The van der Waals surface area contributed by atoms with E-state index in [2.05, 4.69) is 47.6 Å². The molecule has 0 amide bonds. The van der Waals surface area contributed by atoms with E-state index >= 15 is 0 Å². The molecule has 0 heterocycles. The Morgan fingerprint density at radius 2 is 1.51 bits per heavy atom. The maximum Gasteiger partial charge on any atom is 0.314 e.